The van der Waals surface area contributed by atoms with E-state index in [-0.39, 0.29) is 5.97 Å². The molecule has 100 valence electrons. The molecular formula is C12H17ClNO3P. The molecule has 1 rings (SSSR count). The highest BCUT2D eigenvalue weighted by atomic mass is 35.7. The molecule has 18 heavy (non-hydrogen) atoms. The van der Waals surface area contributed by atoms with Crippen molar-refractivity contribution in [3.8, 4) is 5.75 Å². The molecule has 0 aliphatic carbocycles. The van der Waals surface area contributed by atoms with Gasteiger partial charge in [-0.25, -0.2) is 5.09 Å². The highest BCUT2D eigenvalue weighted by molar-refractivity contribution is 7.78. The lowest BCUT2D eigenvalue weighted by Gasteiger charge is -2.25. The fourth-order valence-corrected chi connectivity index (χ4v) is 2.93. The van der Waals surface area contributed by atoms with Crippen molar-refractivity contribution in [2.75, 3.05) is 6.61 Å². The molecule has 4 nitrogen and oxygen atoms in total. The Hall–Kier alpha value is -0.830. The topological polar surface area (TPSA) is 47.6 Å². The van der Waals surface area contributed by atoms with E-state index in [1.807, 2.05) is 18.2 Å². The molecule has 0 aliphatic rings. The van der Waals surface area contributed by atoms with Crippen LogP contribution >= 0.6 is 18.9 Å². The van der Waals surface area contributed by atoms with Gasteiger partial charge in [0.1, 0.15) is 11.3 Å². The number of halogens is 1. The van der Waals surface area contributed by atoms with Gasteiger partial charge in [-0.1, -0.05) is 18.2 Å². The molecule has 0 fully saturated rings. The molecule has 1 aromatic rings. The van der Waals surface area contributed by atoms with Gasteiger partial charge in [0.25, 0.3) is 7.65 Å². The summed E-state index contributed by atoms with van der Waals surface area (Å²) < 4.78 is 10.4. The number of carbonyl (C=O) groups is 1. The number of hydrogen-bond acceptors (Lipinski definition) is 4. The van der Waals surface area contributed by atoms with Gasteiger partial charge in [0.05, 0.1) is 6.61 Å². The molecule has 0 heterocycles. The lowest BCUT2D eigenvalue weighted by atomic mass is 10.1. The summed E-state index contributed by atoms with van der Waals surface area (Å²) in [6, 6.07) is 9.20. The van der Waals surface area contributed by atoms with Crippen LogP contribution in [0.2, 0.25) is 0 Å². The van der Waals surface area contributed by atoms with Crippen molar-refractivity contribution in [3.05, 3.63) is 30.3 Å². The fourth-order valence-electron chi connectivity index (χ4n) is 1.17. The number of para-hydroxylation sites is 1. The second-order valence-corrected chi connectivity index (χ2v) is 5.92. The van der Waals surface area contributed by atoms with Crippen LogP contribution in [0.25, 0.3) is 0 Å². The summed E-state index contributed by atoms with van der Waals surface area (Å²) in [5, 5.41) is 2.92. The van der Waals surface area contributed by atoms with Crippen molar-refractivity contribution in [1.29, 1.82) is 0 Å². The SMILES string of the molecule is CCOC(=O)C(C)(C)NP(Cl)Oc1ccccc1. The quantitative estimate of drug-likeness (QED) is 0.643. The smallest absolute Gasteiger partial charge is 0.326 e. The maximum Gasteiger partial charge on any atom is 0.326 e. The van der Waals surface area contributed by atoms with Crippen molar-refractivity contribution in [2.24, 2.45) is 0 Å². The van der Waals surface area contributed by atoms with Crippen LogP contribution in [-0.2, 0) is 9.53 Å². The van der Waals surface area contributed by atoms with Crippen LogP contribution in [0.1, 0.15) is 20.8 Å². The van der Waals surface area contributed by atoms with Gasteiger partial charge in [-0.3, -0.25) is 4.79 Å². The van der Waals surface area contributed by atoms with Gasteiger partial charge in [-0.15, -0.1) is 0 Å². The monoisotopic (exact) mass is 289 g/mol. The van der Waals surface area contributed by atoms with Gasteiger partial charge in [0.2, 0.25) is 0 Å². The lowest BCUT2D eigenvalue weighted by molar-refractivity contribution is -0.148. The molecule has 1 unspecified atom stereocenters. The Bertz CT molecular complexity index is 386. The Morgan fingerprint density at radius 3 is 2.56 bits per heavy atom. The van der Waals surface area contributed by atoms with Crippen molar-refractivity contribution in [3.63, 3.8) is 0 Å². The maximum atomic E-state index is 11.7. The predicted octanol–water partition coefficient (Wildman–Crippen LogP) is 3.46. The van der Waals surface area contributed by atoms with Crippen LogP contribution in [0.15, 0.2) is 30.3 Å². The van der Waals surface area contributed by atoms with E-state index in [2.05, 4.69) is 5.09 Å². The molecule has 0 amide bonds. The Morgan fingerprint density at radius 2 is 2.00 bits per heavy atom. The average Bonchev–Trinajstić information content (AvgIpc) is 2.29. The molecule has 1 N–H and O–H groups in total. The second-order valence-electron chi connectivity index (χ2n) is 4.11. The number of nitrogens with one attached hydrogen (secondary N) is 1. The molecule has 6 heteroatoms. The predicted molar refractivity (Wildman–Crippen MR) is 73.7 cm³/mol. The number of carbonyl (C=O) groups excluding carboxylic acids is 1. The number of ether oxygens (including phenoxy) is 1. The molecular weight excluding hydrogens is 273 g/mol. The number of esters is 1. The van der Waals surface area contributed by atoms with E-state index in [9.17, 15) is 4.79 Å². The lowest BCUT2D eigenvalue weighted by Crippen LogP contribution is -2.45. The minimum absolute atomic E-state index is 0.337. The third-order valence-corrected chi connectivity index (χ3v) is 3.65. The molecule has 0 bridgehead atoms. The van der Waals surface area contributed by atoms with E-state index in [1.165, 1.54) is 0 Å². The summed E-state index contributed by atoms with van der Waals surface area (Å²) >= 11 is 6.07. The summed E-state index contributed by atoms with van der Waals surface area (Å²) in [6.07, 6.45) is 0. The summed E-state index contributed by atoms with van der Waals surface area (Å²) in [7, 11) is -1.47. The zero-order valence-corrected chi connectivity index (χ0v) is 12.3. The fraction of sp³-hybridized carbons (Fsp3) is 0.417. The van der Waals surface area contributed by atoms with E-state index < -0.39 is 13.2 Å². The van der Waals surface area contributed by atoms with Crippen molar-refractivity contribution in [2.45, 2.75) is 26.3 Å². The minimum Gasteiger partial charge on any atom is -0.465 e. The largest absolute Gasteiger partial charge is 0.465 e. The van der Waals surface area contributed by atoms with Crippen LogP contribution < -0.4 is 9.61 Å². The average molecular weight is 290 g/mol. The van der Waals surface area contributed by atoms with Crippen LogP contribution in [0.4, 0.5) is 0 Å². The maximum absolute atomic E-state index is 11.7. The van der Waals surface area contributed by atoms with E-state index >= 15 is 0 Å². The molecule has 0 radical (unpaired) electrons. The van der Waals surface area contributed by atoms with Crippen molar-refractivity contribution >= 4 is 24.9 Å². The molecule has 0 aromatic heterocycles. The Kier molecular flexibility index (Phi) is 5.86. The van der Waals surface area contributed by atoms with Gasteiger partial charge in [-0.2, -0.15) is 0 Å². The zero-order valence-electron chi connectivity index (χ0n) is 10.6. The van der Waals surface area contributed by atoms with E-state index in [0.717, 1.165) is 0 Å². The highest BCUT2D eigenvalue weighted by Gasteiger charge is 2.32. The van der Waals surface area contributed by atoms with E-state index in [1.54, 1.807) is 32.9 Å². The van der Waals surface area contributed by atoms with E-state index in [0.29, 0.717) is 12.4 Å². The normalized spacial score (nSPS) is 12.9. The first kappa shape index (κ1) is 15.2. The van der Waals surface area contributed by atoms with Crippen LogP contribution in [-0.4, -0.2) is 18.1 Å². The number of hydrogen-bond donors (Lipinski definition) is 1. The van der Waals surface area contributed by atoms with Gasteiger partial charge >= 0.3 is 5.97 Å². The first-order valence-corrected chi connectivity index (χ1v) is 7.76. The van der Waals surface area contributed by atoms with Gasteiger partial charge in [0, 0.05) is 0 Å². The van der Waals surface area contributed by atoms with Crippen LogP contribution in [0.3, 0.4) is 0 Å². The summed E-state index contributed by atoms with van der Waals surface area (Å²) in [5.74, 6) is 0.306. The first-order chi connectivity index (χ1) is 8.45. The molecule has 1 atom stereocenters. The number of benzene rings is 1. The third-order valence-electron chi connectivity index (χ3n) is 2.08. The summed E-state index contributed by atoms with van der Waals surface area (Å²) in [5.41, 5.74) is -0.877. The summed E-state index contributed by atoms with van der Waals surface area (Å²) in [6.45, 7) is 5.51. The van der Waals surface area contributed by atoms with Gasteiger partial charge in [-0.05, 0) is 44.1 Å². The first-order valence-electron chi connectivity index (χ1n) is 5.59. The summed E-state index contributed by atoms with van der Waals surface area (Å²) in [4.78, 5) is 11.7. The molecule has 0 aliphatic heterocycles. The van der Waals surface area contributed by atoms with Crippen LogP contribution in [0.5, 0.6) is 5.75 Å². The third kappa shape index (κ3) is 4.81. The molecule has 1 aromatic carbocycles. The second kappa shape index (κ2) is 6.93. The Labute approximate surface area is 113 Å². The standard InChI is InChI=1S/C12H17ClNO3P/c1-4-16-11(15)12(2,3)14-18(13)17-10-8-6-5-7-9-10/h5-9,14H,4H2,1-3H3. The Morgan fingerprint density at radius 1 is 1.39 bits per heavy atom. The molecule has 0 saturated heterocycles. The van der Waals surface area contributed by atoms with Crippen molar-refractivity contribution < 1.29 is 14.1 Å². The number of rotatable bonds is 6. The van der Waals surface area contributed by atoms with Crippen molar-refractivity contribution in [1.82, 2.24) is 5.09 Å². The highest BCUT2D eigenvalue weighted by Crippen LogP contribution is 2.41. The molecule has 0 spiro atoms. The van der Waals surface area contributed by atoms with Crippen LogP contribution in [0, 0.1) is 0 Å². The molecule has 0 saturated carbocycles. The minimum atomic E-state index is -1.47. The van der Waals surface area contributed by atoms with E-state index in [4.69, 9.17) is 20.5 Å². The zero-order chi connectivity index (χ0) is 13.6. The van der Waals surface area contributed by atoms with Gasteiger partial charge < -0.3 is 9.26 Å². The van der Waals surface area contributed by atoms with Gasteiger partial charge in [0.15, 0.2) is 0 Å². The Balaban J connectivity index is 2.53.